The molecule has 23 heavy (non-hydrogen) atoms. The van der Waals surface area contributed by atoms with Crippen molar-refractivity contribution in [2.75, 3.05) is 0 Å². The second-order valence-corrected chi connectivity index (χ2v) is 5.71. The van der Waals surface area contributed by atoms with Crippen LogP contribution in [0.1, 0.15) is 5.56 Å². The number of halogens is 5. The first kappa shape index (κ1) is 15.9. The number of hydrogen-bond donors (Lipinski definition) is 1. The van der Waals surface area contributed by atoms with Crippen LogP contribution in [0, 0.1) is 0 Å². The monoisotopic (exact) mass is 356 g/mol. The average Bonchev–Trinajstić information content (AvgIpc) is 2.96. The van der Waals surface area contributed by atoms with Crippen LogP contribution >= 0.6 is 23.2 Å². The van der Waals surface area contributed by atoms with Gasteiger partial charge in [0.1, 0.15) is 0 Å². The SMILES string of the molecule is FC(F)(F)c1cc(-c2cn[nH]c2-c2cccc(Cl)c2)ccc1Cl. The largest absolute Gasteiger partial charge is 0.417 e. The minimum Gasteiger partial charge on any atom is -0.277 e. The van der Waals surface area contributed by atoms with Gasteiger partial charge in [0.25, 0.3) is 0 Å². The summed E-state index contributed by atoms with van der Waals surface area (Å²) in [6.45, 7) is 0. The smallest absolute Gasteiger partial charge is 0.277 e. The van der Waals surface area contributed by atoms with Crippen molar-refractivity contribution in [3.05, 3.63) is 64.3 Å². The molecule has 0 aliphatic rings. The Labute approximate surface area is 139 Å². The lowest BCUT2D eigenvalue weighted by molar-refractivity contribution is -0.137. The second kappa shape index (κ2) is 5.91. The molecule has 0 aliphatic carbocycles. The molecule has 118 valence electrons. The number of alkyl halides is 3. The molecule has 0 fully saturated rings. The summed E-state index contributed by atoms with van der Waals surface area (Å²) < 4.78 is 39.1. The highest BCUT2D eigenvalue weighted by Crippen LogP contribution is 2.39. The van der Waals surface area contributed by atoms with Crippen molar-refractivity contribution in [2.24, 2.45) is 0 Å². The maximum absolute atomic E-state index is 13.0. The van der Waals surface area contributed by atoms with E-state index in [9.17, 15) is 13.2 Å². The summed E-state index contributed by atoms with van der Waals surface area (Å²) in [4.78, 5) is 0. The fourth-order valence-electron chi connectivity index (χ4n) is 2.28. The van der Waals surface area contributed by atoms with Crippen LogP contribution in [0.25, 0.3) is 22.4 Å². The highest BCUT2D eigenvalue weighted by atomic mass is 35.5. The molecule has 0 saturated heterocycles. The van der Waals surface area contributed by atoms with E-state index in [-0.39, 0.29) is 5.02 Å². The lowest BCUT2D eigenvalue weighted by atomic mass is 10.00. The van der Waals surface area contributed by atoms with Crippen LogP contribution < -0.4 is 0 Å². The second-order valence-electron chi connectivity index (χ2n) is 4.86. The van der Waals surface area contributed by atoms with Crippen LogP contribution in [0.2, 0.25) is 10.0 Å². The summed E-state index contributed by atoms with van der Waals surface area (Å²) in [6, 6.07) is 10.7. The first-order chi connectivity index (χ1) is 10.9. The van der Waals surface area contributed by atoms with Gasteiger partial charge >= 0.3 is 6.18 Å². The molecule has 2 aromatic carbocycles. The van der Waals surface area contributed by atoms with Crippen LogP contribution in [0.3, 0.4) is 0 Å². The minimum absolute atomic E-state index is 0.339. The molecule has 0 amide bonds. The van der Waals surface area contributed by atoms with Gasteiger partial charge in [-0.3, -0.25) is 5.10 Å². The molecule has 0 saturated carbocycles. The predicted molar refractivity (Wildman–Crippen MR) is 84.5 cm³/mol. The molecule has 7 heteroatoms. The molecule has 2 nitrogen and oxygen atoms in total. The number of aromatic nitrogens is 2. The summed E-state index contributed by atoms with van der Waals surface area (Å²) in [5.74, 6) is 0. The summed E-state index contributed by atoms with van der Waals surface area (Å²) in [6.07, 6.45) is -3.05. The molecule has 1 aromatic heterocycles. The zero-order valence-corrected chi connectivity index (χ0v) is 13.0. The van der Waals surface area contributed by atoms with E-state index in [1.807, 2.05) is 0 Å². The molecule has 3 rings (SSSR count). The fraction of sp³-hybridized carbons (Fsp3) is 0.0625. The Hall–Kier alpha value is -1.98. The number of hydrogen-bond acceptors (Lipinski definition) is 1. The lowest BCUT2D eigenvalue weighted by Crippen LogP contribution is -2.05. The molecule has 0 unspecified atom stereocenters. The number of nitrogens with one attached hydrogen (secondary N) is 1. The Morgan fingerprint density at radius 3 is 2.43 bits per heavy atom. The van der Waals surface area contributed by atoms with Crippen molar-refractivity contribution >= 4 is 23.2 Å². The van der Waals surface area contributed by atoms with Gasteiger partial charge in [-0.1, -0.05) is 41.4 Å². The lowest BCUT2D eigenvalue weighted by Gasteiger charge is -2.11. The molecule has 1 heterocycles. The van der Waals surface area contributed by atoms with E-state index in [1.165, 1.54) is 18.3 Å². The quantitative estimate of drug-likeness (QED) is 0.593. The maximum Gasteiger partial charge on any atom is 0.417 e. The molecule has 3 aromatic rings. The average molecular weight is 357 g/mol. The van der Waals surface area contributed by atoms with E-state index >= 15 is 0 Å². The predicted octanol–water partition coefficient (Wildman–Crippen LogP) is 6.07. The summed E-state index contributed by atoms with van der Waals surface area (Å²) in [7, 11) is 0. The van der Waals surface area contributed by atoms with E-state index in [0.29, 0.717) is 21.8 Å². The van der Waals surface area contributed by atoms with Gasteiger partial charge < -0.3 is 0 Å². The summed E-state index contributed by atoms with van der Waals surface area (Å²) in [5.41, 5.74) is 1.34. The van der Waals surface area contributed by atoms with Crippen molar-refractivity contribution in [3.63, 3.8) is 0 Å². The molecule has 0 bridgehead atoms. The number of benzene rings is 2. The standard InChI is InChI=1S/C16H9Cl2F3N2/c17-11-3-1-2-10(6-11)15-12(8-22-23-15)9-4-5-14(18)13(7-9)16(19,20)21/h1-8H,(H,22,23). The van der Waals surface area contributed by atoms with Crippen LogP contribution in [-0.4, -0.2) is 10.2 Å². The molecule has 0 spiro atoms. The molecule has 0 atom stereocenters. The van der Waals surface area contributed by atoms with Crippen LogP contribution in [-0.2, 0) is 6.18 Å². The molecule has 1 N–H and O–H groups in total. The first-order valence-electron chi connectivity index (χ1n) is 6.52. The Balaban J connectivity index is 2.13. The third-order valence-electron chi connectivity index (χ3n) is 3.34. The van der Waals surface area contributed by atoms with Crippen LogP contribution in [0.4, 0.5) is 13.2 Å². The van der Waals surface area contributed by atoms with E-state index in [4.69, 9.17) is 23.2 Å². The van der Waals surface area contributed by atoms with Crippen LogP contribution in [0.15, 0.2) is 48.7 Å². The third-order valence-corrected chi connectivity index (χ3v) is 3.90. The van der Waals surface area contributed by atoms with Crippen molar-refractivity contribution in [3.8, 4) is 22.4 Å². The number of rotatable bonds is 2. The van der Waals surface area contributed by atoms with E-state index < -0.39 is 11.7 Å². The van der Waals surface area contributed by atoms with Gasteiger partial charge in [0, 0.05) is 16.1 Å². The highest BCUT2D eigenvalue weighted by molar-refractivity contribution is 6.31. The van der Waals surface area contributed by atoms with Crippen molar-refractivity contribution in [1.29, 1.82) is 0 Å². The molecular weight excluding hydrogens is 348 g/mol. The Morgan fingerprint density at radius 2 is 1.74 bits per heavy atom. The Kier molecular flexibility index (Phi) is 4.08. The van der Waals surface area contributed by atoms with E-state index in [0.717, 1.165) is 11.6 Å². The molecule has 0 aliphatic heterocycles. The number of nitrogens with zero attached hydrogens (tertiary/aromatic N) is 1. The van der Waals surface area contributed by atoms with E-state index in [2.05, 4.69) is 10.2 Å². The molecular formula is C16H9Cl2F3N2. The van der Waals surface area contributed by atoms with E-state index in [1.54, 1.807) is 24.3 Å². The van der Waals surface area contributed by atoms with Crippen molar-refractivity contribution < 1.29 is 13.2 Å². The van der Waals surface area contributed by atoms with Crippen molar-refractivity contribution in [1.82, 2.24) is 10.2 Å². The zero-order valence-electron chi connectivity index (χ0n) is 11.5. The van der Waals surface area contributed by atoms with Gasteiger partial charge in [-0.15, -0.1) is 0 Å². The van der Waals surface area contributed by atoms with Gasteiger partial charge in [-0.05, 0) is 29.8 Å². The summed E-state index contributed by atoms with van der Waals surface area (Å²) in [5, 5.41) is 6.92. The zero-order chi connectivity index (χ0) is 16.6. The van der Waals surface area contributed by atoms with Gasteiger partial charge in [-0.2, -0.15) is 18.3 Å². The molecule has 0 radical (unpaired) electrons. The number of H-pyrrole nitrogens is 1. The summed E-state index contributed by atoms with van der Waals surface area (Å²) >= 11 is 11.6. The van der Waals surface area contributed by atoms with Gasteiger partial charge in [-0.25, -0.2) is 0 Å². The van der Waals surface area contributed by atoms with Gasteiger partial charge in [0.15, 0.2) is 0 Å². The Morgan fingerprint density at radius 1 is 0.957 bits per heavy atom. The number of aromatic amines is 1. The van der Waals surface area contributed by atoms with Crippen LogP contribution in [0.5, 0.6) is 0 Å². The van der Waals surface area contributed by atoms with Gasteiger partial charge in [0.05, 0.1) is 22.5 Å². The topological polar surface area (TPSA) is 28.7 Å². The van der Waals surface area contributed by atoms with Gasteiger partial charge in [0.2, 0.25) is 0 Å². The maximum atomic E-state index is 13.0. The normalized spacial score (nSPS) is 11.7. The first-order valence-corrected chi connectivity index (χ1v) is 7.28. The van der Waals surface area contributed by atoms with Crippen molar-refractivity contribution in [2.45, 2.75) is 6.18 Å². The fourth-order valence-corrected chi connectivity index (χ4v) is 2.69. The minimum atomic E-state index is -4.52. The third kappa shape index (κ3) is 3.21. The Bertz CT molecular complexity index is 857. The highest BCUT2D eigenvalue weighted by Gasteiger charge is 2.33.